The van der Waals surface area contributed by atoms with Crippen LogP contribution in [-0.2, 0) is 0 Å². The fourth-order valence-corrected chi connectivity index (χ4v) is 5.83. The molecule has 0 N–H and O–H groups in total. The van der Waals surface area contributed by atoms with Gasteiger partial charge in [-0.3, -0.25) is 0 Å². The van der Waals surface area contributed by atoms with E-state index < -0.39 is 7.05 Å². The molecule has 2 nitrogen and oxygen atoms in total. The van der Waals surface area contributed by atoms with Gasteiger partial charge in [-0.1, -0.05) is 91.0 Å². The maximum absolute atomic E-state index is 4.69. The number of nitrogens with zero attached hydrogens (tertiary/aromatic N) is 2. The molecular weight excluding hydrogens is 287 g/mol. The average Bonchev–Trinajstić information content (AvgIpc) is 2.62. The minimum Gasteiger partial charge on any atom is -0.168 e. The van der Waals surface area contributed by atoms with Gasteiger partial charge in [0.2, 0.25) is 0 Å². The van der Waals surface area contributed by atoms with Crippen molar-refractivity contribution in [2.45, 2.75) is 0 Å². The highest BCUT2D eigenvalue weighted by Crippen LogP contribution is 2.46. The Labute approximate surface area is 131 Å². The number of rotatable bonds is 4. The third-order valence-corrected chi connectivity index (χ3v) is 7.12. The molecule has 108 valence electrons. The summed E-state index contributed by atoms with van der Waals surface area (Å²) in [5, 5.41) is 7.50. The van der Waals surface area contributed by atoms with Crippen LogP contribution in [-0.4, -0.2) is 6.72 Å². The second kappa shape index (κ2) is 6.55. The Balaban J connectivity index is 2.40. The first-order chi connectivity index (χ1) is 10.9. The van der Waals surface area contributed by atoms with Crippen molar-refractivity contribution in [3.63, 3.8) is 0 Å². The van der Waals surface area contributed by atoms with Crippen LogP contribution in [0.5, 0.6) is 0 Å². The maximum Gasteiger partial charge on any atom is 0.0836 e. The second-order valence-corrected chi connectivity index (χ2v) is 7.87. The summed E-state index contributed by atoms with van der Waals surface area (Å²) in [5.41, 5.74) is 0. The lowest BCUT2D eigenvalue weighted by atomic mass is 10.4. The van der Waals surface area contributed by atoms with E-state index in [2.05, 4.69) is 84.6 Å². The first-order valence-electron chi connectivity index (χ1n) is 7.12. The van der Waals surface area contributed by atoms with Gasteiger partial charge in [0.15, 0.2) is 0 Å². The Hall–Kier alpha value is -2.44. The summed E-state index contributed by atoms with van der Waals surface area (Å²) in [6.45, 7) is 3.63. The van der Waals surface area contributed by atoms with Crippen molar-refractivity contribution in [2.24, 2.45) is 9.96 Å². The molecule has 3 aromatic carbocycles. The van der Waals surface area contributed by atoms with Crippen LogP contribution in [0.1, 0.15) is 0 Å². The molecule has 0 aromatic heterocycles. The van der Waals surface area contributed by atoms with E-state index in [-0.39, 0.29) is 0 Å². The smallest absolute Gasteiger partial charge is 0.0836 e. The third-order valence-electron chi connectivity index (χ3n) is 3.59. The molecule has 0 spiro atoms. The Morgan fingerprint density at radius 3 is 1.14 bits per heavy atom. The molecule has 0 heterocycles. The van der Waals surface area contributed by atoms with E-state index in [0.29, 0.717) is 0 Å². The van der Waals surface area contributed by atoms with Crippen LogP contribution in [0.25, 0.3) is 0 Å². The van der Waals surface area contributed by atoms with Crippen LogP contribution >= 0.6 is 7.05 Å². The van der Waals surface area contributed by atoms with Gasteiger partial charge < -0.3 is 0 Å². The summed E-state index contributed by atoms with van der Waals surface area (Å²) in [7, 11) is -2.16. The Kier molecular flexibility index (Phi) is 4.32. The molecule has 0 amide bonds. The van der Waals surface area contributed by atoms with E-state index in [1.807, 2.05) is 18.2 Å². The summed E-state index contributed by atoms with van der Waals surface area (Å²) in [4.78, 5) is 4.69. The SMILES string of the molecule is C=NN=P(c1ccccc1)(c1ccccc1)c1ccccc1. The molecule has 0 aliphatic rings. The molecule has 22 heavy (non-hydrogen) atoms. The van der Waals surface area contributed by atoms with E-state index in [1.165, 1.54) is 15.9 Å². The largest absolute Gasteiger partial charge is 0.168 e. The summed E-state index contributed by atoms with van der Waals surface area (Å²) in [5.74, 6) is 0. The number of hydrogen-bond acceptors (Lipinski definition) is 1. The summed E-state index contributed by atoms with van der Waals surface area (Å²) < 4.78 is 0. The maximum atomic E-state index is 4.69. The molecule has 3 aromatic rings. The van der Waals surface area contributed by atoms with Crippen molar-refractivity contribution < 1.29 is 0 Å². The lowest BCUT2D eigenvalue weighted by Crippen LogP contribution is -2.25. The molecule has 0 unspecified atom stereocenters. The van der Waals surface area contributed by atoms with Crippen molar-refractivity contribution in [3.8, 4) is 0 Å². The van der Waals surface area contributed by atoms with Crippen molar-refractivity contribution in [2.75, 3.05) is 0 Å². The molecule has 3 heteroatoms. The molecule has 0 aliphatic heterocycles. The van der Waals surface area contributed by atoms with Crippen molar-refractivity contribution in [1.82, 2.24) is 0 Å². The quantitative estimate of drug-likeness (QED) is 0.398. The van der Waals surface area contributed by atoms with Crippen LogP contribution in [0.4, 0.5) is 0 Å². The second-order valence-electron chi connectivity index (χ2n) is 4.87. The van der Waals surface area contributed by atoms with Gasteiger partial charge >= 0.3 is 0 Å². The van der Waals surface area contributed by atoms with Gasteiger partial charge in [0.1, 0.15) is 0 Å². The van der Waals surface area contributed by atoms with Crippen LogP contribution < -0.4 is 15.9 Å². The molecule has 0 fully saturated rings. The standard InChI is InChI=1S/C19H17N2P/c1-20-21-22(17-11-5-2-6-12-17,18-13-7-3-8-14-18)19-15-9-4-10-16-19/h2-16H,1H2. The molecule has 0 atom stereocenters. The van der Waals surface area contributed by atoms with E-state index >= 15 is 0 Å². The van der Waals surface area contributed by atoms with Gasteiger partial charge in [-0.2, -0.15) is 9.96 Å². The van der Waals surface area contributed by atoms with Crippen LogP contribution in [0.2, 0.25) is 0 Å². The molecule has 0 radical (unpaired) electrons. The summed E-state index contributed by atoms with van der Waals surface area (Å²) in [6, 6.07) is 31.1. The minimum atomic E-state index is -2.16. The topological polar surface area (TPSA) is 24.7 Å². The van der Waals surface area contributed by atoms with Crippen molar-refractivity contribution in [1.29, 1.82) is 0 Å². The Morgan fingerprint density at radius 2 is 0.864 bits per heavy atom. The van der Waals surface area contributed by atoms with Gasteiger partial charge in [-0.05, 0) is 0 Å². The molecule has 0 aliphatic carbocycles. The highest BCUT2D eigenvalue weighted by atomic mass is 31.2. The van der Waals surface area contributed by atoms with Crippen LogP contribution in [0.3, 0.4) is 0 Å². The van der Waals surface area contributed by atoms with Gasteiger partial charge in [0.25, 0.3) is 0 Å². The zero-order chi connectivity index (χ0) is 15.3. The molecule has 0 saturated heterocycles. The van der Waals surface area contributed by atoms with Gasteiger partial charge in [0, 0.05) is 22.6 Å². The summed E-state index contributed by atoms with van der Waals surface area (Å²) >= 11 is 0. The fourth-order valence-electron chi connectivity index (χ4n) is 2.63. The molecular formula is C19H17N2P. The lowest BCUT2D eigenvalue weighted by Gasteiger charge is -2.24. The molecule has 0 saturated carbocycles. The Morgan fingerprint density at radius 1 is 0.545 bits per heavy atom. The lowest BCUT2D eigenvalue weighted by molar-refractivity contribution is 1.30. The fraction of sp³-hybridized carbons (Fsp3) is 0. The van der Waals surface area contributed by atoms with E-state index in [0.717, 1.165) is 0 Å². The molecule has 3 rings (SSSR count). The first-order valence-corrected chi connectivity index (χ1v) is 8.86. The first kappa shape index (κ1) is 14.5. The predicted molar refractivity (Wildman–Crippen MR) is 97.1 cm³/mol. The van der Waals surface area contributed by atoms with Crippen molar-refractivity contribution in [3.05, 3.63) is 91.0 Å². The van der Waals surface area contributed by atoms with Gasteiger partial charge in [-0.25, -0.2) is 0 Å². The van der Waals surface area contributed by atoms with Crippen molar-refractivity contribution >= 4 is 29.7 Å². The number of hydrogen-bond donors (Lipinski definition) is 0. The van der Waals surface area contributed by atoms with Crippen LogP contribution in [0.15, 0.2) is 101 Å². The highest BCUT2D eigenvalue weighted by molar-refractivity contribution is 7.87. The zero-order valence-corrected chi connectivity index (χ0v) is 13.1. The molecule has 0 bridgehead atoms. The van der Waals surface area contributed by atoms with E-state index in [9.17, 15) is 0 Å². The highest BCUT2D eigenvalue weighted by Gasteiger charge is 2.27. The number of benzene rings is 3. The zero-order valence-electron chi connectivity index (χ0n) is 12.2. The average molecular weight is 304 g/mol. The van der Waals surface area contributed by atoms with Gasteiger partial charge in [-0.15, -0.1) is 0 Å². The Bertz CT molecular complexity index is 693. The summed E-state index contributed by atoms with van der Waals surface area (Å²) in [6.07, 6.45) is 0. The normalized spacial score (nSPS) is 10.9. The third kappa shape index (κ3) is 2.54. The van der Waals surface area contributed by atoms with E-state index in [4.69, 9.17) is 4.85 Å². The minimum absolute atomic E-state index is 1.18. The monoisotopic (exact) mass is 304 g/mol. The van der Waals surface area contributed by atoms with E-state index in [1.54, 1.807) is 0 Å². The predicted octanol–water partition coefficient (Wildman–Crippen LogP) is 3.78. The van der Waals surface area contributed by atoms with Gasteiger partial charge in [0.05, 0.1) is 7.05 Å². The van der Waals surface area contributed by atoms with Crippen LogP contribution in [0, 0.1) is 0 Å².